The predicted octanol–water partition coefficient (Wildman–Crippen LogP) is 8.22. The Hall–Kier alpha value is -4.15. The molecule has 7 rings (SSSR count). The monoisotopic (exact) mass is 456 g/mol. The van der Waals surface area contributed by atoms with Gasteiger partial charge >= 0.3 is 0 Å². The molecule has 0 amide bonds. The van der Waals surface area contributed by atoms with Crippen LogP contribution >= 0.6 is 11.3 Å². The van der Waals surface area contributed by atoms with E-state index >= 15 is 0 Å². The Morgan fingerprint density at radius 2 is 1.47 bits per heavy atom. The number of hydrogen-bond acceptors (Lipinski definition) is 3. The summed E-state index contributed by atoms with van der Waals surface area (Å²) < 4.78 is 10.3. The number of benzene rings is 4. The normalized spacial score (nSPS) is 11.7. The van der Waals surface area contributed by atoms with Gasteiger partial charge in [0.2, 0.25) is 0 Å². The van der Waals surface area contributed by atoms with E-state index in [1.54, 1.807) is 7.11 Å². The zero-order valence-corrected chi connectivity index (χ0v) is 19.3. The molecule has 7 aromatic rings. The lowest BCUT2D eigenvalue weighted by Crippen LogP contribution is -1.94. The smallest absolute Gasteiger partial charge is 0.119 e. The van der Waals surface area contributed by atoms with Crippen molar-refractivity contribution in [3.63, 3.8) is 0 Å². The van der Waals surface area contributed by atoms with Crippen LogP contribution in [0.1, 0.15) is 0 Å². The Morgan fingerprint density at radius 1 is 0.706 bits per heavy atom. The van der Waals surface area contributed by atoms with Crippen LogP contribution in [0, 0.1) is 0 Å². The molecule has 3 heterocycles. The van der Waals surface area contributed by atoms with Crippen LogP contribution in [0.2, 0.25) is 0 Å². The van der Waals surface area contributed by atoms with Crippen LogP contribution in [0.3, 0.4) is 0 Å². The minimum atomic E-state index is 0.848. The van der Waals surface area contributed by atoms with Gasteiger partial charge in [-0.15, -0.1) is 11.3 Å². The van der Waals surface area contributed by atoms with Crippen LogP contribution in [0.25, 0.3) is 59.1 Å². The van der Waals surface area contributed by atoms with Crippen molar-refractivity contribution in [2.75, 3.05) is 7.11 Å². The molecule has 0 saturated carbocycles. The molecule has 0 fully saturated rings. The molecule has 3 aromatic heterocycles. The minimum Gasteiger partial charge on any atom is -0.497 e. The average molecular weight is 457 g/mol. The van der Waals surface area contributed by atoms with Crippen LogP contribution in [0.5, 0.6) is 5.75 Å². The largest absolute Gasteiger partial charge is 0.497 e. The molecular formula is C30H20N2OS. The molecule has 0 aliphatic carbocycles. The quantitative estimate of drug-likeness (QED) is 0.268. The fourth-order valence-corrected chi connectivity index (χ4v) is 6.16. The Labute approximate surface area is 200 Å². The van der Waals surface area contributed by atoms with Gasteiger partial charge in [-0.05, 0) is 48.5 Å². The van der Waals surface area contributed by atoms with Gasteiger partial charge in [0, 0.05) is 36.8 Å². The highest BCUT2D eigenvalue weighted by Crippen LogP contribution is 2.43. The lowest BCUT2D eigenvalue weighted by atomic mass is 10.1. The molecule has 0 spiro atoms. The highest BCUT2D eigenvalue weighted by atomic mass is 32.1. The van der Waals surface area contributed by atoms with Gasteiger partial charge in [-0.2, -0.15) is 0 Å². The van der Waals surface area contributed by atoms with Crippen LogP contribution < -0.4 is 4.74 Å². The standard InChI is InChI=1S/C30H20N2OS/c1-33-21-13-11-20(12-14-21)32-25-17-15-23-22-9-5-6-10-27(22)34-30(23)28(25)29-26(32)18-16-24(31-29)19-7-3-2-4-8-19/h2-18H,1H3. The Bertz CT molecular complexity index is 1830. The summed E-state index contributed by atoms with van der Waals surface area (Å²) in [7, 11) is 1.70. The van der Waals surface area contributed by atoms with Crippen molar-refractivity contribution in [2.24, 2.45) is 0 Å². The number of nitrogens with zero attached hydrogens (tertiary/aromatic N) is 2. The first kappa shape index (κ1) is 19.3. The highest BCUT2D eigenvalue weighted by molar-refractivity contribution is 7.26. The molecule has 0 aliphatic rings. The van der Waals surface area contributed by atoms with Crippen molar-refractivity contribution in [1.82, 2.24) is 9.55 Å². The number of methoxy groups -OCH3 is 1. The van der Waals surface area contributed by atoms with E-state index in [2.05, 4.69) is 89.5 Å². The number of thiophene rings is 1. The Balaban J connectivity index is 1.63. The molecule has 3 nitrogen and oxygen atoms in total. The van der Waals surface area contributed by atoms with E-state index in [1.807, 2.05) is 29.5 Å². The van der Waals surface area contributed by atoms with Gasteiger partial charge in [0.25, 0.3) is 0 Å². The number of rotatable bonds is 3. The van der Waals surface area contributed by atoms with E-state index in [9.17, 15) is 0 Å². The second kappa shape index (κ2) is 7.44. The third-order valence-corrected chi connectivity index (χ3v) is 7.72. The van der Waals surface area contributed by atoms with Crippen molar-refractivity contribution in [2.45, 2.75) is 0 Å². The molecule has 0 aliphatic heterocycles. The topological polar surface area (TPSA) is 27.1 Å². The van der Waals surface area contributed by atoms with Crippen molar-refractivity contribution < 1.29 is 4.74 Å². The minimum absolute atomic E-state index is 0.848. The van der Waals surface area contributed by atoms with E-state index in [4.69, 9.17) is 9.72 Å². The van der Waals surface area contributed by atoms with Gasteiger partial charge in [-0.25, -0.2) is 4.98 Å². The zero-order valence-electron chi connectivity index (χ0n) is 18.5. The number of ether oxygens (including phenoxy) is 1. The van der Waals surface area contributed by atoms with Crippen molar-refractivity contribution >= 4 is 53.4 Å². The fourth-order valence-electron chi connectivity index (χ4n) is 4.92. The second-order valence-corrected chi connectivity index (χ2v) is 9.45. The Morgan fingerprint density at radius 3 is 2.29 bits per heavy atom. The summed E-state index contributed by atoms with van der Waals surface area (Å²) in [5.74, 6) is 0.848. The van der Waals surface area contributed by atoms with Crippen LogP contribution in [0.4, 0.5) is 0 Å². The molecule has 34 heavy (non-hydrogen) atoms. The number of fused-ring (bicyclic) bond motifs is 7. The second-order valence-electron chi connectivity index (χ2n) is 8.40. The van der Waals surface area contributed by atoms with E-state index in [1.165, 1.54) is 25.6 Å². The fraction of sp³-hybridized carbons (Fsp3) is 0.0333. The van der Waals surface area contributed by atoms with Crippen LogP contribution in [-0.4, -0.2) is 16.7 Å². The zero-order chi connectivity index (χ0) is 22.6. The SMILES string of the molecule is COc1ccc(-n2c3ccc(-c4ccccc4)nc3c3c4sc5ccccc5c4ccc32)cc1. The van der Waals surface area contributed by atoms with E-state index in [0.717, 1.165) is 39.2 Å². The van der Waals surface area contributed by atoms with E-state index in [0.29, 0.717) is 0 Å². The van der Waals surface area contributed by atoms with E-state index in [-0.39, 0.29) is 0 Å². The Kier molecular flexibility index (Phi) is 4.23. The summed E-state index contributed by atoms with van der Waals surface area (Å²) in [5.41, 5.74) is 6.50. The number of hydrogen-bond donors (Lipinski definition) is 0. The van der Waals surface area contributed by atoms with Gasteiger partial charge in [-0.1, -0.05) is 54.6 Å². The van der Waals surface area contributed by atoms with E-state index < -0.39 is 0 Å². The van der Waals surface area contributed by atoms with Gasteiger partial charge in [0.05, 0.1) is 29.4 Å². The van der Waals surface area contributed by atoms with Gasteiger partial charge in [0.15, 0.2) is 0 Å². The molecule has 0 unspecified atom stereocenters. The summed E-state index contributed by atoms with van der Waals surface area (Å²) in [6.07, 6.45) is 0. The molecular weight excluding hydrogens is 436 g/mol. The van der Waals surface area contributed by atoms with Gasteiger partial charge in [0.1, 0.15) is 5.75 Å². The third-order valence-electron chi connectivity index (χ3n) is 6.52. The number of pyridine rings is 1. The summed E-state index contributed by atoms with van der Waals surface area (Å²) in [6.45, 7) is 0. The van der Waals surface area contributed by atoms with Gasteiger partial charge in [-0.3, -0.25) is 0 Å². The van der Waals surface area contributed by atoms with Crippen molar-refractivity contribution in [3.8, 4) is 22.7 Å². The first-order chi connectivity index (χ1) is 16.8. The molecule has 0 bridgehead atoms. The van der Waals surface area contributed by atoms with Crippen molar-refractivity contribution in [3.05, 3.63) is 103 Å². The third kappa shape index (κ3) is 2.79. The molecule has 162 valence electrons. The maximum atomic E-state index is 5.40. The van der Waals surface area contributed by atoms with Crippen molar-refractivity contribution in [1.29, 1.82) is 0 Å². The summed E-state index contributed by atoms with van der Waals surface area (Å²) in [4.78, 5) is 5.23. The molecule has 0 N–H and O–H groups in total. The maximum Gasteiger partial charge on any atom is 0.119 e. The molecule has 0 atom stereocenters. The molecule has 4 aromatic carbocycles. The lowest BCUT2D eigenvalue weighted by molar-refractivity contribution is 0.415. The maximum absolute atomic E-state index is 5.40. The first-order valence-corrected chi connectivity index (χ1v) is 12.1. The summed E-state index contributed by atoms with van der Waals surface area (Å²) >= 11 is 1.85. The molecule has 0 saturated heterocycles. The van der Waals surface area contributed by atoms with Crippen LogP contribution in [-0.2, 0) is 0 Å². The molecule has 4 heteroatoms. The average Bonchev–Trinajstić information content (AvgIpc) is 3.44. The summed E-state index contributed by atoms with van der Waals surface area (Å²) in [6, 6.07) is 36.1. The first-order valence-electron chi connectivity index (χ1n) is 11.3. The molecule has 0 radical (unpaired) electrons. The number of aromatic nitrogens is 2. The van der Waals surface area contributed by atoms with Gasteiger partial charge < -0.3 is 9.30 Å². The lowest BCUT2D eigenvalue weighted by Gasteiger charge is -2.09. The highest BCUT2D eigenvalue weighted by Gasteiger charge is 2.19. The summed E-state index contributed by atoms with van der Waals surface area (Å²) in [5, 5.41) is 3.80. The predicted molar refractivity (Wildman–Crippen MR) is 143 cm³/mol. The van der Waals surface area contributed by atoms with Crippen LogP contribution in [0.15, 0.2) is 103 Å².